The number of benzene rings is 3. The number of fused-ring (bicyclic) bond motifs is 2. The van der Waals surface area contributed by atoms with Crippen LogP contribution in [0.1, 0.15) is 10.4 Å². The number of amides is 1. The largest absolute Gasteiger partial charge is 0.486 e. The Kier molecular flexibility index (Phi) is 5.37. The molecule has 1 amide bonds. The number of nitrogens with zero attached hydrogens (tertiary/aromatic N) is 2. The first kappa shape index (κ1) is 21.8. The number of hydrogen-bond donors (Lipinski definition) is 2. The summed E-state index contributed by atoms with van der Waals surface area (Å²) in [5.74, 6) is 1.47. The van der Waals surface area contributed by atoms with E-state index in [0.717, 1.165) is 11.1 Å². The zero-order valence-electron chi connectivity index (χ0n) is 18.5. The van der Waals surface area contributed by atoms with E-state index in [-0.39, 0.29) is 10.8 Å². The first-order valence-electron chi connectivity index (χ1n) is 10.6. The molecule has 3 aromatic carbocycles. The van der Waals surface area contributed by atoms with Gasteiger partial charge in [-0.25, -0.2) is 13.4 Å². The van der Waals surface area contributed by atoms with Crippen LogP contribution >= 0.6 is 0 Å². The number of anilines is 1. The van der Waals surface area contributed by atoms with Crippen molar-refractivity contribution in [1.82, 2.24) is 14.9 Å². The van der Waals surface area contributed by atoms with Gasteiger partial charge in [0.25, 0.3) is 15.9 Å². The summed E-state index contributed by atoms with van der Waals surface area (Å²) in [6.07, 6.45) is 0. The molecule has 1 aromatic heterocycles. The number of sulfonamides is 1. The van der Waals surface area contributed by atoms with E-state index in [1.165, 1.54) is 12.1 Å². The maximum Gasteiger partial charge on any atom is 0.262 e. The molecule has 4 aromatic rings. The highest BCUT2D eigenvalue weighted by atomic mass is 32.2. The molecule has 9 nitrogen and oxygen atoms in total. The number of hydrogen-bond acceptors (Lipinski definition) is 6. The summed E-state index contributed by atoms with van der Waals surface area (Å²) in [5.41, 5.74) is 3.26. The number of nitrogens with one attached hydrogen (secondary N) is 2. The highest BCUT2D eigenvalue weighted by Gasteiger charge is 2.20. The van der Waals surface area contributed by atoms with Crippen LogP contribution in [-0.4, -0.2) is 44.1 Å². The molecule has 0 bridgehead atoms. The number of carbonyl (C=O) groups excluding carboxylic acids is 1. The Morgan fingerprint density at radius 3 is 2.44 bits per heavy atom. The Morgan fingerprint density at radius 2 is 1.71 bits per heavy atom. The first-order chi connectivity index (χ1) is 16.4. The van der Waals surface area contributed by atoms with E-state index in [9.17, 15) is 13.2 Å². The van der Waals surface area contributed by atoms with Crippen molar-refractivity contribution in [3.63, 3.8) is 0 Å². The molecule has 2 heterocycles. The molecular formula is C24H22N4O5S. The van der Waals surface area contributed by atoms with Gasteiger partial charge in [-0.2, -0.15) is 0 Å². The van der Waals surface area contributed by atoms with Crippen LogP contribution in [0.2, 0.25) is 0 Å². The average molecular weight is 479 g/mol. The van der Waals surface area contributed by atoms with E-state index in [1.54, 1.807) is 37.4 Å². The lowest BCUT2D eigenvalue weighted by atomic mass is 10.1. The van der Waals surface area contributed by atoms with Crippen molar-refractivity contribution in [2.45, 2.75) is 4.90 Å². The van der Waals surface area contributed by atoms with Gasteiger partial charge in [0, 0.05) is 31.3 Å². The fourth-order valence-electron chi connectivity index (χ4n) is 3.84. The van der Waals surface area contributed by atoms with Gasteiger partial charge >= 0.3 is 0 Å². The second kappa shape index (κ2) is 8.38. The molecule has 5 rings (SSSR count). The number of rotatable bonds is 5. The van der Waals surface area contributed by atoms with Crippen molar-refractivity contribution in [2.24, 2.45) is 7.05 Å². The first-order valence-corrected chi connectivity index (χ1v) is 12.1. The van der Waals surface area contributed by atoms with Gasteiger partial charge in [0.1, 0.15) is 19.0 Å². The third-order valence-electron chi connectivity index (χ3n) is 5.59. The van der Waals surface area contributed by atoms with Crippen molar-refractivity contribution >= 4 is 32.7 Å². The van der Waals surface area contributed by atoms with Gasteiger partial charge in [-0.05, 0) is 42.5 Å². The summed E-state index contributed by atoms with van der Waals surface area (Å²) >= 11 is 0. The van der Waals surface area contributed by atoms with Gasteiger partial charge in [-0.1, -0.05) is 12.1 Å². The number of ether oxygens (including phenoxy) is 2. The van der Waals surface area contributed by atoms with Crippen LogP contribution in [0.15, 0.2) is 65.6 Å². The van der Waals surface area contributed by atoms with E-state index < -0.39 is 10.0 Å². The van der Waals surface area contributed by atoms with Crippen molar-refractivity contribution in [1.29, 1.82) is 0 Å². The minimum Gasteiger partial charge on any atom is -0.486 e. The minimum atomic E-state index is -3.84. The molecule has 10 heteroatoms. The predicted octanol–water partition coefficient (Wildman–Crippen LogP) is 3.17. The van der Waals surface area contributed by atoms with E-state index in [0.29, 0.717) is 47.3 Å². The highest BCUT2D eigenvalue weighted by Crippen LogP contribution is 2.33. The number of aryl methyl sites for hydroxylation is 1. The van der Waals surface area contributed by atoms with Gasteiger partial charge in [0.05, 0.1) is 21.6 Å². The Morgan fingerprint density at radius 1 is 0.971 bits per heavy atom. The van der Waals surface area contributed by atoms with Gasteiger partial charge < -0.3 is 19.4 Å². The molecule has 174 valence electrons. The molecule has 0 spiro atoms. The summed E-state index contributed by atoms with van der Waals surface area (Å²) in [6.45, 7) is 0.804. The zero-order chi connectivity index (χ0) is 23.9. The fraction of sp³-hybridized carbons (Fsp3) is 0.167. The number of carbonyl (C=O) groups is 1. The maximum atomic E-state index is 13.0. The molecule has 0 saturated heterocycles. The van der Waals surface area contributed by atoms with E-state index >= 15 is 0 Å². The Bertz CT molecular complexity index is 1510. The highest BCUT2D eigenvalue weighted by molar-refractivity contribution is 7.92. The lowest BCUT2D eigenvalue weighted by Gasteiger charge is -2.19. The molecule has 0 unspecified atom stereocenters. The van der Waals surface area contributed by atoms with Crippen molar-refractivity contribution < 1.29 is 22.7 Å². The fourth-order valence-corrected chi connectivity index (χ4v) is 4.91. The van der Waals surface area contributed by atoms with Crippen LogP contribution in [-0.2, 0) is 17.1 Å². The topological polar surface area (TPSA) is 112 Å². The van der Waals surface area contributed by atoms with E-state index in [4.69, 9.17) is 9.47 Å². The summed E-state index contributed by atoms with van der Waals surface area (Å²) < 4.78 is 41.4. The summed E-state index contributed by atoms with van der Waals surface area (Å²) in [6, 6.07) is 16.9. The Hall–Kier alpha value is -4.05. The lowest BCUT2D eigenvalue weighted by Crippen LogP contribution is -2.17. The van der Waals surface area contributed by atoms with Crippen molar-refractivity contribution in [3.05, 3.63) is 66.2 Å². The normalized spacial score (nSPS) is 13.0. The van der Waals surface area contributed by atoms with Gasteiger partial charge in [0.2, 0.25) is 0 Å². The van der Waals surface area contributed by atoms with E-state index in [2.05, 4.69) is 15.0 Å². The lowest BCUT2D eigenvalue weighted by molar-refractivity contribution is 0.0963. The second-order valence-electron chi connectivity index (χ2n) is 7.77. The predicted molar refractivity (Wildman–Crippen MR) is 128 cm³/mol. The Balaban J connectivity index is 1.44. The zero-order valence-corrected chi connectivity index (χ0v) is 19.3. The molecule has 1 aliphatic heterocycles. The molecule has 1 aliphatic rings. The van der Waals surface area contributed by atoms with Crippen LogP contribution in [0.5, 0.6) is 11.5 Å². The average Bonchev–Trinajstić information content (AvgIpc) is 3.18. The minimum absolute atomic E-state index is 0.0785. The summed E-state index contributed by atoms with van der Waals surface area (Å²) in [4.78, 5) is 16.6. The van der Waals surface area contributed by atoms with Crippen LogP contribution in [0.4, 0.5) is 5.69 Å². The van der Waals surface area contributed by atoms with Gasteiger partial charge in [-0.3, -0.25) is 9.52 Å². The monoisotopic (exact) mass is 478 g/mol. The molecule has 0 aliphatic carbocycles. The van der Waals surface area contributed by atoms with Crippen LogP contribution < -0.4 is 19.5 Å². The van der Waals surface area contributed by atoms with Crippen LogP contribution in [0.25, 0.3) is 22.4 Å². The second-order valence-corrected chi connectivity index (χ2v) is 9.45. The SMILES string of the molecule is CNC(=O)c1ccc(-c2nc3cc(NS(=O)(=O)c4ccc5c(c4)OCCO5)ccc3n2C)cc1. The van der Waals surface area contributed by atoms with Crippen LogP contribution in [0, 0.1) is 0 Å². The number of imidazole rings is 1. The number of aromatic nitrogens is 2. The third-order valence-corrected chi connectivity index (χ3v) is 6.97. The van der Waals surface area contributed by atoms with E-state index in [1.807, 2.05) is 29.8 Å². The maximum absolute atomic E-state index is 13.0. The quantitative estimate of drug-likeness (QED) is 0.456. The molecule has 0 atom stereocenters. The van der Waals surface area contributed by atoms with Gasteiger partial charge in [-0.15, -0.1) is 0 Å². The van der Waals surface area contributed by atoms with Gasteiger partial charge in [0.15, 0.2) is 11.5 Å². The van der Waals surface area contributed by atoms with Crippen molar-refractivity contribution in [3.8, 4) is 22.9 Å². The molecule has 0 radical (unpaired) electrons. The third kappa shape index (κ3) is 3.92. The smallest absolute Gasteiger partial charge is 0.262 e. The summed E-state index contributed by atoms with van der Waals surface area (Å²) in [5, 5.41) is 2.60. The molecule has 0 fully saturated rings. The van der Waals surface area contributed by atoms with Crippen molar-refractivity contribution in [2.75, 3.05) is 25.0 Å². The standard InChI is InChI=1S/C24H22N4O5S/c1-25-24(29)16-5-3-15(4-6-16)23-26-19-13-17(7-9-20(19)28(23)2)27-34(30,31)18-8-10-21-22(14-18)33-12-11-32-21/h3-10,13-14,27H,11-12H2,1-2H3,(H,25,29). The molecule has 2 N–H and O–H groups in total. The Labute approximate surface area is 196 Å². The molecule has 34 heavy (non-hydrogen) atoms. The molecule has 0 saturated carbocycles. The summed E-state index contributed by atoms with van der Waals surface area (Å²) in [7, 11) is -0.374. The molecular weight excluding hydrogens is 456 g/mol. The van der Waals surface area contributed by atoms with Crippen LogP contribution in [0.3, 0.4) is 0 Å².